The van der Waals surface area contributed by atoms with Crippen LogP contribution in [0.1, 0.15) is 24.4 Å². The summed E-state index contributed by atoms with van der Waals surface area (Å²) in [5, 5.41) is 13.0. The maximum absolute atomic E-state index is 12.7. The number of rotatable bonds is 4. The molecule has 0 bridgehead atoms. The summed E-state index contributed by atoms with van der Waals surface area (Å²) in [7, 11) is 0. The normalized spacial score (nSPS) is 17.7. The number of benzene rings is 1. The molecule has 2 rings (SSSR count). The van der Waals surface area contributed by atoms with Crippen LogP contribution in [0.3, 0.4) is 0 Å². The number of nitrogens with one attached hydrogen (secondary N) is 2. The molecule has 1 aromatic carbocycles. The highest BCUT2D eigenvalue weighted by Gasteiger charge is 2.64. The first-order valence-electron chi connectivity index (χ1n) is 6.18. The van der Waals surface area contributed by atoms with E-state index >= 15 is 0 Å². The fourth-order valence-corrected chi connectivity index (χ4v) is 1.92. The highest BCUT2D eigenvalue weighted by Crippen LogP contribution is 2.48. The van der Waals surface area contributed by atoms with Crippen molar-refractivity contribution >= 4 is 12.0 Å². The van der Waals surface area contributed by atoms with Gasteiger partial charge in [0.15, 0.2) is 6.04 Å². The average molecular weight is 302 g/mol. The number of hydrogen-bond donors (Lipinski definition) is 3. The summed E-state index contributed by atoms with van der Waals surface area (Å²) in [5.41, 5.74) is -1.95. The molecule has 2 amide bonds. The van der Waals surface area contributed by atoms with Gasteiger partial charge in [0, 0.05) is 0 Å². The van der Waals surface area contributed by atoms with Crippen molar-refractivity contribution in [2.45, 2.75) is 30.6 Å². The third-order valence-corrected chi connectivity index (χ3v) is 3.30. The molecule has 1 saturated carbocycles. The van der Waals surface area contributed by atoms with E-state index in [1.54, 1.807) is 18.2 Å². The van der Waals surface area contributed by atoms with E-state index < -0.39 is 29.8 Å². The van der Waals surface area contributed by atoms with Gasteiger partial charge < -0.3 is 15.7 Å². The first kappa shape index (κ1) is 15.1. The maximum atomic E-state index is 12.7. The summed E-state index contributed by atoms with van der Waals surface area (Å²) in [4.78, 5) is 22.8. The van der Waals surface area contributed by atoms with Gasteiger partial charge in [0.05, 0.1) is 0 Å². The minimum Gasteiger partial charge on any atom is -0.479 e. The number of amides is 2. The lowest BCUT2D eigenvalue weighted by Crippen LogP contribution is -2.52. The van der Waals surface area contributed by atoms with Gasteiger partial charge in [-0.2, -0.15) is 13.2 Å². The Kier molecular flexibility index (Phi) is 3.80. The van der Waals surface area contributed by atoms with Crippen LogP contribution in [-0.4, -0.2) is 28.8 Å². The predicted molar refractivity (Wildman–Crippen MR) is 66.5 cm³/mol. The van der Waals surface area contributed by atoms with Crippen molar-refractivity contribution in [1.82, 2.24) is 10.6 Å². The Labute approximate surface area is 118 Å². The summed E-state index contributed by atoms with van der Waals surface area (Å²) in [5.74, 6) is -1.35. The van der Waals surface area contributed by atoms with E-state index in [-0.39, 0.29) is 18.4 Å². The Morgan fingerprint density at radius 1 is 1.19 bits per heavy atom. The molecule has 0 heterocycles. The van der Waals surface area contributed by atoms with Crippen LogP contribution in [0.15, 0.2) is 30.3 Å². The third-order valence-electron chi connectivity index (χ3n) is 3.30. The Bertz CT molecular complexity index is 541. The van der Waals surface area contributed by atoms with E-state index in [2.05, 4.69) is 5.32 Å². The number of carboxylic acids is 1. The van der Waals surface area contributed by atoms with Gasteiger partial charge in [-0.25, -0.2) is 9.59 Å². The van der Waals surface area contributed by atoms with Crippen molar-refractivity contribution in [2.75, 3.05) is 0 Å². The summed E-state index contributed by atoms with van der Waals surface area (Å²) in [6.07, 6.45) is -4.95. The molecule has 1 aromatic rings. The molecule has 0 saturated heterocycles. The van der Waals surface area contributed by atoms with E-state index in [9.17, 15) is 22.8 Å². The highest BCUT2D eigenvalue weighted by atomic mass is 19.4. The lowest BCUT2D eigenvalue weighted by Gasteiger charge is -2.22. The molecule has 3 N–H and O–H groups in total. The van der Waals surface area contributed by atoms with E-state index in [4.69, 9.17) is 5.11 Å². The van der Waals surface area contributed by atoms with Crippen LogP contribution >= 0.6 is 0 Å². The summed E-state index contributed by atoms with van der Waals surface area (Å²) < 4.78 is 38.1. The molecule has 0 radical (unpaired) electrons. The van der Waals surface area contributed by atoms with Crippen LogP contribution in [0.4, 0.5) is 18.0 Å². The molecular formula is C13H13F3N2O3. The quantitative estimate of drug-likeness (QED) is 0.798. The summed E-state index contributed by atoms with van der Waals surface area (Å²) in [6.45, 7) is 0. The van der Waals surface area contributed by atoms with Crippen molar-refractivity contribution in [3.05, 3.63) is 35.9 Å². The van der Waals surface area contributed by atoms with Gasteiger partial charge in [-0.1, -0.05) is 30.3 Å². The molecule has 0 aliphatic heterocycles. The molecule has 1 fully saturated rings. The fourth-order valence-electron chi connectivity index (χ4n) is 1.92. The van der Waals surface area contributed by atoms with Gasteiger partial charge >= 0.3 is 18.2 Å². The average Bonchev–Trinajstić information content (AvgIpc) is 3.17. The molecule has 5 nitrogen and oxygen atoms in total. The minimum absolute atomic E-state index is 0.201. The van der Waals surface area contributed by atoms with Crippen molar-refractivity contribution in [1.29, 1.82) is 0 Å². The van der Waals surface area contributed by atoms with E-state index in [1.807, 2.05) is 5.32 Å². The number of urea groups is 1. The molecule has 21 heavy (non-hydrogen) atoms. The zero-order chi connectivity index (χ0) is 15.7. The topological polar surface area (TPSA) is 78.4 Å². The van der Waals surface area contributed by atoms with Crippen LogP contribution in [0.25, 0.3) is 0 Å². The first-order chi connectivity index (χ1) is 9.75. The van der Waals surface area contributed by atoms with Gasteiger partial charge in [0.1, 0.15) is 5.54 Å². The lowest BCUT2D eigenvalue weighted by atomic mass is 10.1. The van der Waals surface area contributed by atoms with Gasteiger partial charge in [-0.05, 0) is 18.4 Å². The van der Waals surface area contributed by atoms with Crippen molar-refractivity contribution in [3.8, 4) is 0 Å². The second kappa shape index (κ2) is 5.27. The third kappa shape index (κ3) is 3.26. The number of halogens is 3. The van der Waals surface area contributed by atoms with Gasteiger partial charge in [-0.3, -0.25) is 0 Å². The molecule has 1 atom stereocenters. The Morgan fingerprint density at radius 3 is 2.19 bits per heavy atom. The maximum Gasteiger partial charge on any atom is 0.411 e. The fraction of sp³-hybridized carbons (Fsp3) is 0.385. The van der Waals surface area contributed by atoms with E-state index in [0.717, 1.165) is 0 Å². The number of carboxylic acid groups (broad SMARTS) is 1. The minimum atomic E-state index is -4.55. The number of hydrogen-bond acceptors (Lipinski definition) is 2. The van der Waals surface area contributed by atoms with Crippen LogP contribution in [0.5, 0.6) is 0 Å². The largest absolute Gasteiger partial charge is 0.479 e. The Morgan fingerprint density at radius 2 is 1.76 bits per heavy atom. The molecule has 0 aromatic heterocycles. The van der Waals surface area contributed by atoms with Crippen molar-refractivity contribution < 1.29 is 27.9 Å². The van der Waals surface area contributed by atoms with Crippen molar-refractivity contribution in [3.63, 3.8) is 0 Å². The number of carbonyl (C=O) groups excluding carboxylic acids is 1. The second-order valence-electron chi connectivity index (χ2n) is 4.86. The number of aliphatic carboxylic acids is 1. The van der Waals surface area contributed by atoms with Crippen LogP contribution in [-0.2, 0) is 4.79 Å². The monoisotopic (exact) mass is 302 g/mol. The number of carbonyl (C=O) groups is 2. The van der Waals surface area contributed by atoms with Crippen molar-refractivity contribution in [2.24, 2.45) is 0 Å². The van der Waals surface area contributed by atoms with Crippen LogP contribution in [0.2, 0.25) is 0 Å². The molecular weight excluding hydrogens is 289 g/mol. The van der Waals surface area contributed by atoms with Crippen LogP contribution < -0.4 is 10.6 Å². The molecule has 114 valence electrons. The standard InChI is InChI=1S/C13H13F3N2O3/c14-13(15,16)12(6-7-12)18-11(21)17-9(10(19)20)8-4-2-1-3-5-8/h1-5,9H,6-7H2,(H,19,20)(H2,17,18,21)/t9-/m0/s1. The molecule has 1 aliphatic carbocycles. The van der Waals surface area contributed by atoms with E-state index in [1.165, 1.54) is 12.1 Å². The van der Waals surface area contributed by atoms with Gasteiger partial charge in [0.2, 0.25) is 0 Å². The molecule has 0 spiro atoms. The molecule has 8 heteroatoms. The zero-order valence-corrected chi connectivity index (χ0v) is 10.8. The second-order valence-corrected chi connectivity index (χ2v) is 4.86. The molecule has 1 aliphatic rings. The summed E-state index contributed by atoms with van der Waals surface area (Å²) >= 11 is 0. The first-order valence-corrected chi connectivity index (χ1v) is 6.18. The lowest BCUT2D eigenvalue weighted by molar-refractivity contribution is -0.162. The Hall–Kier alpha value is -2.25. The van der Waals surface area contributed by atoms with E-state index in [0.29, 0.717) is 0 Å². The smallest absolute Gasteiger partial charge is 0.411 e. The SMILES string of the molecule is O=C(N[C@H](C(=O)O)c1ccccc1)NC1(C(F)(F)F)CC1. The predicted octanol–water partition coefficient (Wildman–Crippen LogP) is 2.21. The van der Waals surface area contributed by atoms with Crippen LogP contribution in [0, 0.1) is 0 Å². The number of alkyl halides is 3. The van der Waals surface area contributed by atoms with Gasteiger partial charge in [0.25, 0.3) is 0 Å². The zero-order valence-electron chi connectivity index (χ0n) is 10.8. The van der Waals surface area contributed by atoms with Gasteiger partial charge in [-0.15, -0.1) is 0 Å². The summed E-state index contributed by atoms with van der Waals surface area (Å²) in [6, 6.07) is 5.18. The molecule has 0 unspecified atom stereocenters. The Balaban J connectivity index is 2.05. The highest BCUT2D eigenvalue weighted by molar-refractivity contribution is 5.84.